The molecule has 0 N–H and O–H groups in total. The number of esters is 1. The first kappa shape index (κ1) is 16.3. The monoisotopic (exact) mass is 341 g/mol. The molecule has 4 rings (SSSR count). The Morgan fingerprint density at radius 2 is 2.16 bits per heavy atom. The van der Waals surface area contributed by atoms with E-state index in [1.807, 2.05) is 43.3 Å². The first-order valence-electron chi connectivity index (χ1n) is 9.04. The normalized spacial score (nSPS) is 32.3. The molecule has 3 aliphatic rings. The molecule has 2 saturated heterocycles. The summed E-state index contributed by atoms with van der Waals surface area (Å²) in [6.45, 7) is 4.86. The number of fused-ring (bicyclic) bond motifs is 1. The van der Waals surface area contributed by atoms with Crippen LogP contribution in [0.3, 0.4) is 0 Å². The molecule has 1 amide bonds. The van der Waals surface area contributed by atoms with Crippen molar-refractivity contribution in [3.8, 4) is 0 Å². The Morgan fingerprint density at radius 1 is 1.36 bits per heavy atom. The minimum Gasteiger partial charge on any atom is -0.465 e. The van der Waals surface area contributed by atoms with Crippen LogP contribution in [0.15, 0.2) is 36.4 Å². The van der Waals surface area contributed by atoms with Gasteiger partial charge in [0.05, 0.1) is 25.2 Å². The molecule has 2 fully saturated rings. The zero-order chi connectivity index (χ0) is 17.6. The summed E-state index contributed by atoms with van der Waals surface area (Å²) >= 11 is 0. The van der Waals surface area contributed by atoms with Gasteiger partial charge < -0.3 is 14.4 Å². The third-order valence-electron chi connectivity index (χ3n) is 5.48. The third kappa shape index (κ3) is 2.33. The Hall–Kier alpha value is -2.14. The molecule has 1 aromatic carbocycles. The quantitative estimate of drug-likeness (QED) is 0.610. The molecule has 0 saturated carbocycles. The van der Waals surface area contributed by atoms with E-state index in [9.17, 15) is 9.59 Å². The summed E-state index contributed by atoms with van der Waals surface area (Å²) in [5, 5.41) is 0. The molecule has 0 aromatic heterocycles. The number of nitrogens with zero attached hydrogens (tertiary/aromatic N) is 1. The number of hydrogen-bond donors (Lipinski definition) is 0. The van der Waals surface area contributed by atoms with E-state index >= 15 is 0 Å². The van der Waals surface area contributed by atoms with Gasteiger partial charge in [-0.05, 0) is 24.5 Å². The highest BCUT2D eigenvalue weighted by molar-refractivity contribution is 6.03. The van der Waals surface area contributed by atoms with Crippen molar-refractivity contribution >= 4 is 17.6 Å². The molecule has 1 spiro atoms. The second-order valence-corrected chi connectivity index (χ2v) is 6.97. The van der Waals surface area contributed by atoms with E-state index in [0.29, 0.717) is 13.2 Å². The molecule has 25 heavy (non-hydrogen) atoms. The summed E-state index contributed by atoms with van der Waals surface area (Å²) in [5.41, 5.74) is 1.34. The van der Waals surface area contributed by atoms with Crippen LogP contribution < -0.4 is 4.90 Å². The molecule has 0 radical (unpaired) electrons. The maximum absolute atomic E-state index is 13.2. The van der Waals surface area contributed by atoms with Gasteiger partial charge in [-0.25, -0.2) is 0 Å². The van der Waals surface area contributed by atoms with Crippen molar-refractivity contribution in [3.05, 3.63) is 42.0 Å². The molecular weight excluding hydrogens is 318 g/mol. The number of carbonyl (C=O) groups is 2. The highest BCUT2D eigenvalue weighted by Gasteiger charge is 2.67. The fourth-order valence-electron chi connectivity index (χ4n) is 4.34. The molecule has 3 heterocycles. The van der Waals surface area contributed by atoms with Crippen molar-refractivity contribution in [2.75, 3.05) is 18.1 Å². The number of anilines is 1. The lowest BCUT2D eigenvalue weighted by Crippen LogP contribution is -2.40. The van der Waals surface area contributed by atoms with Crippen molar-refractivity contribution in [2.45, 2.75) is 38.4 Å². The van der Waals surface area contributed by atoms with Crippen LogP contribution in [0.25, 0.3) is 0 Å². The Bertz CT molecular complexity index is 743. The Balaban J connectivity index is 1.67. The second-order valence-electron chi connectivity index (χ2n) is 6.97. The summed E-state index contributed by atoms with van der Waals surface area (Å²) in [6.07, 6.45) is 5.15. The molecule has 132 valence electrons. The van der Waals surface area contributed by atoms with Crippen LogP contribution in [-0.4, -0.2) is 36.7 Å². The molecule has 4 atom stereocenters. The maximum atomic E-state index is 13.2. The smallest absolute Gasteiger partial charge is 0.312 e. The van der Waals surface area contributed by atoms with Gasteiger partial charge in [0.1, 0.15) is 11.5 Å². The number of rotatable bonds is 5. The number of carbonyl (C=O) groups excluding carboxylic acids is 2. The lowest BCUT2D eigenvalue weighted by atomic mass is 9.77. The largest absolute Gasteiger partial charge is 0.465 e. The van der Waals surface area contributed by atoms with Crippen LogP contribution in [0, 0.1) is 11.8 Å². The van der Waals surface area contributed by atoms with Gasteiger partial charge in [0, 0.05) is 5.69 Å². The molecule has 5 nitrogen and oxygen atoms in total. The van der Waals surface area contributed by atoms with Crippen molar-refractivity contribution in [1.29, 1.82) is 0 Å². The standard InChI is InChI=1S/C20H23NO4/c1-3-11-24-19(23)16-15-9-10-20(25-15)12-21(18(22)17(16)20)14-8-6-5-7-13(14)4-2/h5-10,15-17H,3-4,11-12H2,1-2H3/t15-,16+,17-,20+/m1/s1. The van der Waals surface area contributed by atoms with Gasteiger partial charge in [-0.2, -0.15) is 0 Å². The van der Waals surface area contributed by atoms with Gasteiger partial charge in [-0.15, -0.1) is 0 Å². The molecule has 0 unspecified atom stereocenters. The highest BCUT2D eigenvalue weighted by Crippen LogP contribution is 2.53. The van der Waals surface area contributed by atoms with E-state index in [1.165, 1.54) is 0 Å². The van der Waals surface area contributed by atoms with Gasteiger partial charge in [-0.3, -0.25) is 9.59 Å². The van der Waals surface area contributed by atoms with Gasteiger partial charge >= 0.3 is 5.97 Å². The number of hydrogen-bond acceptors (Lipinski definition) is 4. The summed E-state index contributed by atoms with van der Waals surface area (Å²) < 4.78 is 11.5. The van der Waals surface area contributed by atoms with Crippen molar-refractivity contribution < 1.29 is 19.1 Å². The lowest BCUT2D eigenvalue weighted by molar-refractivity contribution is -0.152. The Morgan fingerprint density at radius 3 is 2.92 bits per heavy atom. The molecule has 5 heteroatoms. The Labute approximate surface area is 147 Å². The summed E-state index contributed by atoms with van der Waals surface area (Å²) in [7, 11) is 0. The van der Waals surface area contributed by atoms with E-state index in [2.05, 4.69) is 6.92 Å². The van der Waals surface area contributed by atoms with Gasteiger partial charge in [0.25, 0.3) is 0 Å². The lowest BCUT2D eigenvalue weighted by Gasteiger charge is -2.23. The van der Waals surface area contributed by atoms with Crippen molar-refractivity contribution in [3.63, 3.8) is 0 Å². The first-order valence-corrected chi connectivity index (χ1v) is 9.04. The third-order valence-corrected chi connectivity index (χ3v) is 5.48. The van der Waals surface area contributed by atoms with E-state index in [4.69, 9.17) is 9.47 Å². The molecule has 1 aromatic rings. The van der Waals surface area contributed by atoms with Gasteiger partial charge in [0.15, 0.2) is 0 Å². The highest BCUT2D eigenvalue weighted by atomic mass is 16.6. The van der Waals surface area contributed by atoms with Crippen LogP contribution >= 0.6 is 0 Å². The minimum absolute atomic E-state index is 0.0359. The fourth-order valence-corrected chi connectivity index (χ4v) is 4.34. The number of aryl methyl sites for hydroxylation is 1. The van der Waals surface area contributed by atoms with Crippen LogP contribution in [-0.2, 0) is 25.5 Å². The molecule has 2 bridgehead atoms. The summed E-state index contributed by atoms with van der Waals surface area (Å²) in [4.78, 5) is 27.6. The Kier molecular flexibility index (Phi) is 3.91. The van der Waals surface area contributed by atoms with Gasteiger partial charge in [-0.1, -0.05) is 44.2 Å². The van der Waals surface area contributed by atoms with Crippen LogP contribution in [0.2, 0.25) is 0 Å². The average molecular weight is 341 g/mol. The minimum atomic E-state index is -0.696. The van der Waals surface area contributed by atoms with Crippen molar-refractivity contribution in [2.24, 2.45) is 11.8 Å². The summed E-state index contributed by atoms with van der Waals surface area (Å²) in [6, 6.07) is 7.92. The number of benzene rings is 1. The van der Waals surface area contributed by atoms with E-state index in [-0.39, 0.29) is 18.0 Å². The van der Waals surface area contributed by atoms with E-state index < -0.39 is 17.4 Å². The SMILES string of the molecule is CCCOC(=O)[C@H]1[C@H]2C=C[C@@]3(CN(c4ccccc4CC)C(=O)[C@@H]13)O2. The molecule has 0 aliphatic carbocycles. The molecule has 3 aliphatic heterocycles. The van der Waals surface area contributed by atoms with Gasteiger partial charge in [0.2, 0.25) is 5.91 Å². The zero-order valence-electron chi connectivity index (χ0n) is 14.6. The number of amides is 1. The van der Waals surface area contributed by atoms with Crippen molar-refractivity contribution in [1.82, 2.24) is 0 Å². The van der Waals surface area contributed by atoms with E-state index in [1.54, 1.807) is 4.90 Å². The fraction of sp³-hybridized carbons (Fsp3) is 0.500. The predicted octanol–water partition coefficient (Wildman–Crippen LogP) is 2.49. The first-order chi connectivity index (χ1) is 12.1. The van der Waals surface area contributed by atoms with Crippen LogP contribution in [0.5, 0.6) is 0 Å². The number of ether oxygens (including phenoxy) is 2. The van der Waals surface area contributed by atoms with Crippen LogP contribution in [0.1, 0.15) is 25.8 Å². The number of para-hydroxylation sites is 1. The predicted molar refractivity (Wildman–Crippen MR) is 93.1 cm³/mol. The maximum Gasteiger partial charge on any atom is 0.312 e. The van der Waals surface area contributed by atoms with Crippen LogP contribution in [0.4, 0.5) is 5.69 Å². The van der Waals surface area contributed by atoms with E-state index in [0.717, 1.165) is 24.1 Å². The average Bonchev–Trinajstić information content (AvgIpc) is 3.28. The molecular formula is C20H23NO4. The second kappa shape index (κ2) is 5.99. The topological polar surface area (TPSA) is 55.8 Å². The summed E-state index contributed by atoms with van der Waals surface area (Å²) in [5.74, 6) is -1.38. The zero-order valence-corrected chi connectivity index (χ0v) is 14.6.